The van der Waals surface area contributed by atoms with Gasteiger partial charge in [-0.1, -0.05) is 54.6 Å². The van der Waals surface area contributed by atoms with E-state index in [1.54, 1.807) is 29.2 Å². The number of benzene rings is 3. The Morgan fingerprint density at radius 2 is 1.72 bits per heavy atom. The van der Waals surface area contributed by atoms with E-state index in [9.17, 15) is 9.18 Å². The highest BCUT2D eigenvalue weighted by molar-refractivity contribution is 5.91. The molecular weight excluding hydrogens is 371 g/mol. The molecule has 0 aliphatic carbocycles. The number of carbonyl (C=O) groups excluding carboxylic acids is 1. The third kappa shape index (κ3) is 4.55. The summed E-state index contributed by atoms with van der Waals surface area (Å²) in [6.07, 6.45) is -0.212. The standard InChI is InChI=1S/C23H21FN2O3/c24-19-12-7-13-20(29-18-10-5-2-6-11-18)22(19)25-23(27)26-14-15-28-21(16-26)17-8-3-1-4-9-17/h1-13,21H,14-16H2,(H,25,27). The number of ether oxygens (including phenoxy) is 2. The quantitative estimate of drug-likeness (QED) is 0.662. The van der Waals surface area contributed by atoms with E-state index in [1.165, 1.54) is 6.07 Å². The van der Waals surface area contributed by atoms with E-state index >= 15 is 0 Å². The first kappa shape index (κ1) is 19.0. The number of urea groups is 1. The lowest BCUT2D eigenvalue weighted by Crippen LogP contribution is -2.44. The molecule has 148 valence electrons. The summed E-state index contributed by atoms with van der Waals surface area (Å²) in [5.74, 6) is 0.251. The molecule has 0 saturated carbocycles. The largest absolute Gasteiger partial charge is 0.455 e. The van der Waals surface area contributed by atoms with Crippen LogP contribution >= 0.6 is 0 Å². The lowest BCUT2D eigenvalue weighted by Gasteiger charge is -2.33. The van der Waals surface area contributed by atoms with E-state index in [1.807, 2.05) is 48.5 Å². The Balaban J connectivity index is 1.49. The second-order valence-corrected chi connectivity index (χ2v) is 6.67. The van der Waals surface area contributed by atoms with Gasteiger partial charge in [0.05, 0.1) is 13.2 Å². The summed E-state index contributed by atoms with van der Waals surface area (Å²) in [4.78, 5) is 14.5. The van der Waals surface area contributed by atoms with Crippen LogP contribution in [0.25, 0.3) is 0 Å². The summed E-state index contributed by atoms with van der Waals surface area (Å²) >= 11 is 0. The zero-order valence-electron chi connectivity index (χ0n) is 15.8. The number of amides is 2. The van der Waals surface area contributed by atoms with Crippen LogP contribution in [0.15, 0.2) is 78.9 Å². The number of rotatable bonds is 4. The molecule has 2 amide bonds. The van der Waals surface area contributed by atoms with Gasteiger partial charge in [-0.05, 0) is 29.8 Å². The summed E-state index contributed by atoms with van der Waals surface area (Å²) in [6.45, 7) is 1.23. The molecule has 6 heteroatoms. The number of morpholine rings is 1. The maximum Gasteiger partial charge on any atom is 0.322 e. The summed E-state index contributed by atoms with van der Waals surface area (Å²) < 4.78 is 26.1. The van der Waals surface area contributed by atoms with Gasteiger partial charge in [-0.15, -0.1) is 0 Å². The molecule has 4 rings (SSSR count). The molecule has 1 fully saturated rings. The number of para-hydroxylation sites is 2. The summed E-state index contributed by atoms with van der Waals surface area (Å²) in [5.41, 5.74) is 1.02. The molecule has 0 aromatic heterocycles. The minimum Gasteiger partial charge on any atom is -0.455 e. The zero-order valence-corrected chi connectivity index (χ0v) is 15.8. The average Bonchev–Trinajstić information content (AvgIpc) is 2.77. The molecule has 1 saturated heterocycles. The van der Waals surface area contributed by atoms with Crippen LogP contribution in [-0.4, -0.2) is 30.6 Å². The van der Waals surface area contributed by atoms with E-state index < -0.39 is 11.8 Å². The van der Waals surface area contributed by atoms with Gasteiger partial charge in [0.15, 0.2) is 11.6 Å². The monoisotopic (exact) mass is 392 g/mol. The summed E-state index contributed by atoms with van der Waals surface area (Å²) in [6, 6.07) is 22.8. The van der Waals surface area contributed by atoms with Crippen molar-refractivity contribution in [3.05, 3.63) is 90.2 Å². The zero-order chi connectivity index (χ0) is 20.1. The molecular formula is C23H21FN2O3. The Morgan fingerprint density at radius 3 is 2.48 bits per heavy atom. The Hall–Kier alpha value is -3.38. The number of hydrogen-bond donors (Lipinski definition) is 1. The molecule has 1 aliphatic rings. The number of nitrogens with zero attached hydrogens (tertiary/aromatic N) is 1. The predicted molar refractivity (Wildman–Crippen MR) is 109 cm³/mol. The molecule has 29 heavy (non-hydrogen) atoms. The molecule has 5 nitrogen and oxygen atoms in total. The lowest BCUT2D eigenvalue weighted by molar-refractivity contribution is -0.0135. The number of nitrogens with one attached hydrogen (secondary N) is 1. The smallest absolute Gasteiger partial charge is 0.322 e. The van der Waals surface area contributed by atoms with Crippen molar-refractivity contribution in [2.75, 3.05) is 25.0 Å². The molecule has 1 heterocycles. The fourth-order valence-corrected chi connectivity index (χ4v) is 3.22. The van der Waals surface area contributed by atoms with Crippen molar-refractivity contribution < 1.29 is 18.7 Å². The van der Waals surface area contributed by atoms with E-state index in [4.69, 9.17) is 9.47 Å². The van der Waals surface area contributed by atoms with Crippen LogP contribution in [0.2, 0.25) is 0 Å². The molecule has 3 aromatic carbocycles. The molecule has 1 aliphatic heterocycles. The third-order valence-electron chi connectivity index (χ3n) is 4.70. The van der Waals surface area contributed by atoms with Gasteiger partial charge in [0.2, 0.25) is 0 Å². The van der Waals surface area contributed by atoms with E-state index in [0.29, 0.717) is 25.4 Å². The van der Waals surface area contributed by atoms with Gasteiger partial charge in [-0.3, -0.25) is 0 Å². The molecule has 0 bridgehead atoms. The third-order valence-corrected chi connectivity index (χ3v) is 4.70. The van der Waals surface area contributed by atoms with Crippen LogP contribution in [0.5, 0.6) is 11.5 Å². The van der Waals surface area contributed by atoms with E-state index in [0.717, 1.165) is 5.56 Å². The van der Waals surface area contributed by atoms with Crippen LogP contribution in [-0.2, 0) is 4.74 Å². The van der Waals surface area contributed by atoms with Gasteiger partial charge in [0, 0.05) is 6.54 Å². The van der Waals surface area contributed by atoms with Gasteiger partial charge in [-0.2, -0.15) is 0 Å². The van der Waals surface area contributed by atoms with E-state index in [-0.39, 0.29) is 17.5 Å². The topological polar surface area (TPSA) is 50.8 Å². The summed E-state index contributed by atoms with van der Waals surface area (Å²) in [5, 5.41) is 2.67. The van der Waals surface area contributed by atoms with Crippen molar-refractivity contribution >= 4 is 11.7 Å². The predicted octanol–water partition coefficient (Wildman–Crippen LogP) is 5.22. The van der Waals surface area contributed by atoms with Crippen molar-refractivity contribution in [2.24, 2.45) is 0 Å². The molecule has 0 radical (unpaired) electrons. The maximum absolute atomic E-state index is 14.5. The first-order valence-corrected chi connectivity index (χ1v) is 9.44. The lowest BCUT2D eigenvalue weighted by atomic mass is 10.1. The van der Waals surface area contributed by atoms with Crippen molar-refractivity contribution in [1.29, 1.82) is 0 Å². The highest BCUT2D eigenvalue weighted by atomic mass is 19.1. The van der Waals surface area contributed by atoms with Gasteiger partial charge in [-0.25, -0.2) is 9.18 Å². The fraction of sp³-hybridized carbons (Fsp3) is 0.174. The summed E-state index contributed by atoms with van der Waals surface area (Å²) in [7, 11) is 0. The highest BCUT2D eigenvalue weighted by Crippen LogP contribution is 2.32. The van der Waals surface area contributed by atoms with Gasteiger partial charge in [0.1, 0.15) is 17.5 Å². The number of halogens is 1. The minimum absolute atomic E-state index is 0.0177. The van der Waals surface area contributed by atoms with E-state index in [2.05, 4.69) is 5.32 Å². The average molecular weight is 392 g/mol. The second-order valence-electron chi connectivity index (χ2n) is 6.67. The van der Waals surface area contributed by atoms with Gasteiger partial charge in [0.25, 0.3) is 0 Å². The Kier molecular flexibility index (Phi) is 5.72. The van der Waals surface area contributed by atoms with Crippen molar-refractivity contribution in [3.63, 3.8) is 0 Å². The molecule has 0 spiro atoms. The van der Waals surface area contributed by atoms with Crippen molar-refractivity contribution in [1.82, 2.24) is 4.90 Å². The molecule has 3 aromatic rings. The second kappa shape index (κ2) is 8.75. The Morgan fingerprint density at radius 1 is 1.00 bits per heavy atom. The van der Waals surface area contributed by atoms with Gasteiger partial charge < -0.3 is 19.7 Å². The maximum atomic E-state index is 14.5. The number of carbonyl (C=O) groups is 1. The molecule has 1 atom stereocenters. The van der Waals surface area contributed by atoms with Crippen LogP contribution in [0.1, 0.15) is 11.7 Å². The Bertz CT molecular complexity index is 966. The SMILES string of the molecule is O=C(Nc1c(F)cccc1Oc1ccccc1)N1CCOC(c2ccccc2)C1. The van der Waals surface area contributed by atoms with Gasteiger partial charge >= 0.3 is 6.03 Å². The minimum atomic E-state index is -0.556. The number of anilines is 1. The van der Waals surface area contributed by atoms with Crippen molar-refractivity contribution in [2.45, 2.75) is 6.10 Å². The van der Waals surface area contributed by atoms with Crippen LogP contribution < -0.4 is 10.1 Å². The highest BCUT2D eigenvalue weighted by Gasteiger charge is 2.26. The Labute approximate surface area is 168 Å². The first-order chi connectivity index (χ1) is 14.2. The van der Waals surface area contributed by atoms with Crippen LogP contribution in [0, 0.1) is 5.82 Å². The number of hydrogen-bond acceptors (Lipinski definition) is 3. The molecule has 1 unspecified atom stereocenters. The first-order valence-electron chi connectivity index (χ1n) is 9.44. The molecule has 1 N–H and O–H groups in total. The van der Waals surface area contributed by atoms with Crippen LogP contribution in [0.3, 0.4) is 0 Å². The van der Waals surface area contributed by atoms with Crippen molar-refractivity contribution in [3.8, 4) is 11.5 Å². The fourth-order valence-electron chi connectivity index (χ4n) is 3.22. The van der Waals surface area contributed by atoms with Crippen LogP contribution in [0.4, 0.5) is 14.9 Å². The normalized spacial score (nSPS) is 16.3.